The largest absolute Gasteiger partial charge is 1.00 e. The average molecular weight is 326 g/mol. The molecule has 0 aliphatic carbocycles. The zero-order valence-electron chi connectivity index (χ0n) is 14.0. The molecule has 0 saturated carbocycles. The van der Waals surface area contributed by atoms with Gasteiger partial charge in [-0.25, -0.2) is 0 Å². The van der Waals surface area contributed by atoms with Crippen LogP contribution in [0.3, 0.4) is 0 Å². The molecule has 1 unspecified atom stereocenters. The van der Waals surface area contributed by atoms with E-state index in [0.29, 0.717) is 4.90 Å². The van der Waals surface area contributed by atoms with Crippen molar-refractivity contribution >= 4 is 21.9 Å². The summed E-state index contributed by atoms with van der Waals surface area (Å²) in [6, 6.07) is 11.6. The van der Waals surface area contributed by atoms with Crippen LogP contribution in [0.25, 0.3) is 10.8 Å². The van der Waals surface area contributed by atoms with Gasteiger partial charge in [0.15, 0.2) is 0 Å². The minimum atomic E-state index is -2.18. The van der Waals surface area contributed by atoms with Crippen molar-refractivity contribution in [3.8, 4) is 0 Å². The Bertz CT molecular complexity index is 653. The fraction of sp³-hybridized carbons (Fsp3) is 0.444. The molecule has 0 saturated heterocycles. The Labute approximate surface area is 158 Å². The van der Waals surface area contributed by atoms with Gasteiger partial charge in [-0.15, -0.1) is 0 Å². The van der Waals surface area contributed by atoms with E-state index in [0.717, 1.165) is 17.2 Å². The molecule has 2 nitrogen and oxygen atoms in total. The molecule has 0 aromatic heterocycles. The monoisotopic (exact) mass is 326 g/mol. The predicted molar refractivity (Wildman–Crippen MR) is 88.3 cm³/mol. The molecule has 0 spiro atoms. The third-order valence-corrected chi connectivity index (χ3v) is 4.82. The fourth-order valence-corrected chi connectivity index (χ4v) is 3.29. The van der Waals surface area contributed by atoms with Crippen molar-refractivity contribution in [2.24, 2.45) is 0 Å². The number of unbranched alkanes of at least 4 members (excludes halogenated alkanes) is 2. The van der Waals surface area contributed by atoms with E-state index in [9.17, 15) is 8.76 Å². The van der Waals surface area contributed by atoms with Crippen LogP contribution >= 0.6 is 0 Å². The first-order valence-corrected chi connectivity index (χ1v) is 8.66. The van der Waals surface area contributed by atoms with Gasteiger partial charge in [-0.2, -0.15) is 0 Å². The number of hydrogen-bond donors (Lipinski definition) is 0. The summed E-state index contributed by atoms with van der Waals surface area (Å²) >= 11 is -2.18. The Hall–Kier alpha value is -0.190. The van der Waals surface area contributed by atoms with Gasteiger partial charge in [0, 0.05) is 4.90 Å². The topological polar surface area (TPSA) is 40.1 Å². The number of rotatable bonds is 6. The average Bonchev–Trinajstić information content (AvgIpc) is 2.46. The first-order valence-electron chi connectivity index (χ1n) is 7.58. The maximum Gasteiger partial charge on any atom is 1.00 e. The van der Waals surface area contributed by atoms with Crippen molar-refractivity contribution in [3.05, 3.63) is 42.0 Å². The van der Waals surface area contributed by atoms with Gasteiger partial charge in [-0.1, -0.05) is 64.3 Å². The summed E-state index contributed by atoms with van der Waals surface area (Å²) in [6.45, 7) is 6.71. The third kappa shape index (κ3) is 4.65. The molecular weight excluding hydrogens is 303 g/mol. The van der Waals surface area contributed by atoms with E-state index in [2.05, 4.69) is 32.9 Å². The molecule has 2 aromatic rings. The van der Waals surface area contributed by atoms with Crippen LogP contribution in [-0.4, -0.2) is 8.76 Å². The first kappa shape index (κ1) is 19.9. The van der Waals surface area contributed by atoms with Crippen LogP contribution < -0.4 is 29.6 Å². The van der Waals surface area contributed by atoms with Crippen molar-refractivity contribution in [2.45, 2.75) is 56.8 Å². The molecule has 4 heteroatoms. The van der Waals surface area contributed by atoms with Crippen LogP contribution in [-0.2, 0) is 16.5 Å². The second-order valence-corrected chi connectivity index (χ2v) is 7.21. The quantitative estimate of drug-likeness (QED) is 0.462. The van der Waals surface area contributed by atoms with E-state index < -0.39 is 11.1 Å². The van der Waals surface area contributed by atoms with Crippen LogP contribution in [0.2, 0.25) is 0 Å². The van der Waals surface area contributed by atoms with Crippen molar-refractivity contribution in [1.82, 2.24) is 0 Å². The summed E-state index contributed by atoms with van der Waals surface area (Å²) in [5.74, 6) is 0. The smallest absolute Gasteiger partial charge is 0.768 e. The molecule has 1 atom stereocenters. The van der Waals surface area contributed by atoms with Gasteiger partial charge in [-0.3, -0.25) is 4.21 Å². The summed E-state index contributed by atoms with van der Waals surface area (Å²) < 4.78 is 22.4. The molecule has 0 N–H and O–H groups in total. The molecule has 0 aliphatic heterocycles. The standard InChI is InChI=1S/C18H24O2S.Na/c1-4-5-6-12-18(2,3)17-9-7-8-14-10-11-15(21(19)20)13-16(14)17;/h7-11,13H,4-6,12H2,1-3H3,(H,19,20);/q;+1/p-1. The van der Waals surface area contributed by atoms with Gasteiger partial charge in [-0.05, 0) is 51.4 Å². The van der Waals surface area contributed by atoms with E-state index in [4.69, 9.17) is 0 Å². The zero-order chi connectivity index (χ0) is 15.5. The summed E-state index contributed by atoms with van der Waals surface area (Å²) in [7, 11) is 0. The normalized spacial score (nSPS) is 12.9. The van der Waals surface area contributed by atoms with Gasteiger partial charge in [0.2, 0.25) is 0 Å². The molecule has 0 bridgehead atoms. The van der Waals surface area contributed by atoms with Crippen molar-refractivity contribution in [1.29, 1.82) is 0 Å². The van der Waals surface area contributed by atoms with Crippen molar-refractivity contribution in [2.75, 3.05) is 0 Å². The first-order chi connectivity index (χ1) is 9.95. The Balaban J connectivity index is 0.00000242. The Morgan fingerprint density at radius 2 is 1.86 bits per heavy atom. The molecule has 2 aromatic carbocycles. The fourth-order valence-electron chi connectivity index (χ4n) is 2.90. The zero-order valence-corrected chi connectivity index (χ0v) is 16.8. The molecular formula is C18H23NaO2S. The SMILES string of the molecule is CCCCCC(C)(C)c1cccc2ccc(S(=O)[O-])cc12.[Na+]. The maximum absolute atomic E-state index is 11.2. The summed E-state index contributed by atoms with van der Waals surface area (Å²) in [6.07, 6.45) is 4.77. The summed E-state index contributed by atoms with van der Waals surface area (Å²) in [4.78, 5) is 0.360. The van der Waals surface area contributed by atoms with Gasteiger partial charge in [0.25, 0.3) is 0 Å². The minimum Gasteiger partial charge on any atom is -0.768 e. The minimum absolute atomic E-state index is 0. The number of benzene rings is 2. The van der Waals surface area contributed by atoms with E-state index in [1.807, 2.05) is 12.1 Å². The Kier molecular flexibility index (Phi) is 7.76. The van der Waals surface area contributed by atoms with Crippen LogP contribution in [0.15, 0.2) is 41.3 Å². The van der Waals surface area contributed by atoms with Gasteiger partial charge in [0.1, 0.15) is 0 Å². The van der Waals surface area contributed by atoms with Gasteiger partial charge in [0.05, 0.1) is 0 Å². The van der Waals surface area contributed by atoms with Crippen molar-refractivity contribution < 1.29 is 38.3 Å². The third-order valence-electron chi connectivity index (χ3n) is 4.18. The van der Waals surface area contributed by atoms with E-state index >= 15 is 0 Å². The molecule has 114 valence electrons. The second-order valence-electron chi connectivity index (χ2n) is 6.26. The van der Waals surface area contributed by atoms with Crippen LogP contribution in [0.4, 0.5) is 0 Å². The number of hydrogen-bond acceptors (Lipinski definition) is 2. The Morgan fingerprint density at radius 3 is 2.50 bits per heavy atom. The van der Waals surface area contributed by atoms with E-state index in [-0.39, 0.29) is 35.0 Å². The Morgan fingerprint density at radius 1 is 1.14 bits per heavy atom. The van der Waals surface area contributed by atoms with E-state index in [1.54, 1.807) is 12.1 Å². The molecule has 0 amide bonds. The van der Waals surface area contributed by atoms with Crippen molar-refractivity contribution in [3.63, 3.8) is 0 Å². The predicted octanol–water partition coefficient (Wildman–Crippen LogP) is 1.94. The molecule has 0 fully saturated rings. The summed E-state index contributed by atoms with van der Waals surface area (Å²) in [5, 5.41) is 2.16. The van der Waals surface area contributed by atoms with Gasteiger partial charge < -0.3 is 4.55 Å². The van der Waals surface area contributed by atoms with Crippen LogP contribution in [0.1, 0.15) is 52.0 Å². The van der Waals surface area contributed by atoms with Gasteiger partial charge >= 0.3 is 29.6 Å². The molecule has 22 heavy (non-hydrogen) atoms. The molecule has 2 rings (SSSR count). The van der Waals surface area contributed by atoms with E-state index in [1.165, 1.54) is 24.8 Å². The maximum atomic E-state index is 11.2. The van der Waals surface area contributed by atoms with Crippen LogP contribution in [0, 0.1) is 0 Å². The molecule has 0 heterocycles. The second kappa shape index (κ2) is 8.60. The summed E-state index contributed by atoms with van der Waals surface area (Å²) in [5.41, 5.74) is 1.29. The molecule has 0 radical (unpaired) electrons. The van der Waals surface area contributed by atoms with Crippen LogP contribution in [0.5, 0.6) is 0 Å². The number of fused-ring (bicyclic) bond motifs is 1. The molecule has 0 aliphatic rings.